The van der Waals surface area contributed by atoms with E-state index in [9.17, 15) is 18.0 Å². The first-order valence-corrected chi connectivity index (χ1v) is 9.86. The van der Waals surface area contributed by atoms with Gasteiger partial charge < -0.3 is 10.2 Å². The van der Waals surface area contributed by atoms with Gasteiger partial charge in [-0.05, 0) is 31.0 Å². The summed E-state index contributed by atoms with van der Waals surface area (Å²) in [6.07, 6.45) is 2.67. The highest BCUT2D eigenvalue weighted by Crippen LogP contribution is 2.31. The Hall–Kier alpha value is -1.76. The number of carbonyl (C=O) groups is 1. The van der Waals surface area contributed by atoms with Crippen molar-refractivity contribution in [3.8, 4) is 0 Å². The molecule has 1 aliphatic carbocycles. The van der Waals surface area contributed by atoms with Gasteiger partial charge in [-0.2, -0.15) is 13.2 Å². The van der Waals surface area contributed by atoms with E-state index in [1.807, 2.05) is 4.90 Å². The molecule has 4 nitrogen and oxygen atoms in total. The highest BCUT2D eigenvalue weighted by atomic mass is 19.4. The van der Waals surface area contributed by atoms with E-state index in [-0.39, 0.29) is 5.91 Å². The van der Waals surface area contributed by atoms with Crippen LogP contribution in [0.3, 0.4) is 0 Å². The van der Waals surface area contributed by atoms with E-state index in [2.05, 4.69) is 10.2 Å². The van der Waals surface area contributed by atoms with Crippen LogP contribution in [0.2, 0.25) is 0 Å². The second-order valence-corrected chi connectivity index (χ2v) is 7.57. The summed E-state index contributed by atoms with van der Waals surface area (Å²) in [5, 5.41) is 3.15. The predicted octanol–water partition coefficient (Wildman–Crippen LogP) is 3.67. The van der Waals surface area contributed by atoms with Crippen molar-refractivity contribution in [1.82, 2.24) is 10.2 Å². The van der Waals surface area contributed by atoms with Crippen molar-refractivity contribution in [2.24, 2.45) is 0 Å². The maximum absolute atomic E-state index is 12.9. The molecule has 1 aromatic rings. The van der Waals surface area contributed by atoms with Gasteiger partial charge in [-0.15, -0.1) is 0 Å². The molecule has 2 aliphatic rings. The van der Waals surface area contributed by atoms with E-state index < -0.39 is 11.7 Å². The summed E-state index contributed by atoms with van der Waals surface area (Å²) >= 11 is 0. The average Bonchev–Trinajstić information content (AvgIpc) is 2.90. The van der Waals surface area contributed by atoms with Gasteiger partial charge in [-0.25, -0.2) is 0 Å². The molecule has 0 spiro atoms. The molecule has 1 saturated carbocycles. The molecule has 150 valence electrons. The second-order valence-electron chi connectivity index (χ2n) is 7.57. The minimum Gasteiger partial charge on any atom is -0.369 e. The van der Waals surface area contributed by atoms with Crippen molar-refractivity contribution in [2.45, 2.75) is 50.7 Å². The Balaban J connectivity index is 1.47. The number of nitrogens with one attached hydrogen (secondary N) is 1. The average molecular weight is 383 g/mol. The first-order chi connectivity index (χ1) is 12.9. The lowest BCUT2D eigenvalue weighted by atomic mass is 10.1. The van der Waals surface area contributed by atoms with Gasteiger partial charge in [0.1, 0.15) is 0 Å². The molecular weight excluding hydrogens is 355 g/mol. The number of alkyl halides is 3. The SMILES string of the molecule is O=C(CN1CCN(c2cccc(C(F)(F)F)c2)CC1)NC1CCCCCC1. The largest absolute Gasteiger partial charge is 0.416 e. The van der Waals surface area contributed by atoms with Crippen LogP contribution >= 0.6 is 0 Å². The number of nitrogens with zero attached hydrogens (tertiary/aromatic N) is 2. The molecule has 1 amide bonds. The lowest BCUT2D eigenvalue weighted by Gasteiger charge is -2.36. The molecule has 1 aliphatic heterocycles. The Kier molecular flexibility index (Phi) is 6.63. The smallest absolute Gasteiger partial charge is 0.369 e. The summed E-state index contributed by atoms with van der Waals surface area (Å²) in [6.45, 7) is 2.96. The standard InChI is InChI=1S/C20H28F3N3O/c21-20(22,23)16-6-5-9-18(14-16)26-12-10-25(11-13-26)15-19(27)24-17-7-3-1-2-4-8-17/h5-6,9,14,17H,1-4,7-8,10-13,15H2,(H,24,27). The van der Waals surface area contributed by atoms with Crippen LogP contribution in [0.1, 0.15) is 44.1 Å². The molecule has 1 aromatic carbocycles. The molecule has 0 unspecified atom stereocenters. The zero-order chi connectivity index (χ0) is 19.3. The third-order valence-electron chi connectivity index (χ3n) is 5.50. The van der Waals surface area contributed by atoms with Crippen LogP contribution in [0.25, 0.3) is 0 Å². The summed E-state index contributed by atoms with van der Waals surface area (Å²) < 4.78 is 38.7. The molecule has 27 heavy (non-hydrogen) atoms. The first kappa shape index (κ1) is 20.0. The van der Waals surface area contributed by atoms with E-state index in [1.54, 1.807) is 6.07 Å². The number of hydrogen-bond donors (Lipinski definition) is 1. The monoisotopic (exact) mass is 383 g/mol. The summed E-state index contributed by atoms with van der Waals surface area (Å²) in [6, 6.07) is 5.76. The fourth-order valence-corrected chi connectivity index (χ4v) is 3.94. The van der Waals surface area contributed by atoms with Crippen molar-refractivity contribution >= 4 is 11.6 Å². The quantitative estimate of drug-likeness (QED) is 0.806. The normalized spacial score (nSPS) is 20.3. The van der Waals surface area contributed by atoms with Crippen molar-refractivity contribution in [1.29, 1.82) is 0 Å². The maximum Gasteiger partial charge on any atom is 0.416 e. The highest BCUT2D eigenvalue weighted by molar-refractivity contribution is 5.78. The lowest BCUT2D eigenvalue weighted by Crippen LogP contribution is -2.50. The first-order valence-electron chi connectivity index (χ1n) is 9.86. The van der Waals surface area contributed by atoms with Gasteiger partial charge in [0.05, 0.1) is 12.1 Å². The number of halogens is 3. The zero-order valence-corrected chi connectivity index (χ0v) is 15.6. The second kappa shape index (κ2) is 8.95. The zero-order valence-electron chi connectivity index (χ0n) is 15.6. The maximum atomic E-state index is 12.9. The van der Waals surface area contributed by atoms with E-state index in [4.69, 9.17) is 0 Å². The van der Waals surface area contributed by atoms with Crippen LogP contribution in [0, 0.1) is 0 Å². The molecule has 0 radical (unpaired) electrons. The Bertz CT molecular complexity index is 619. The van der Waals surface area contributed by atoms with Crippen LogP contribution in [0.4, 0.5) is 18.9 Å². The highest BCUT2D eigenvalue weighted by Gasteiger charge is 2.31. The van der Waals surface area contributed by atoms with Crippen LogP contribution in [-0.2, 0) is 11.0 Å². The van der Waals surface area contributed by atoms with Gasteiger partial charge in [0.15, 0.2) is 0 Å². The predicted molar refractivity (Wildman–Crippen MR) is 99.7 cm³/mol. The third-order valence-corrected chi connectivity index (χ3v) is 5.50. The fraction of sp³-hybridized carbons (Fsp3) is 0.650. The number of rotatable bonds is 4. The minimum absolute atomic E-state index is 0.0643. The van der Waals surface area contributed by atoms with Gasteiger partial charge in [-0.3, -0.25) is 9.69 Å². The van der Waals surface area contributed by atoms with Gasteiger partial charge in [0.25, 0.3) is 0 Å². The number of anilines is 1. The molecule has 2 fully saturated rings. The van der Waals surface area contributed by atoms with Crippen LogP contribution in [0.5, 0.6) is 0 Å². The van der Waals surface area contributed by atoms with Gasteiger partial charge in [0.2, 0.25) is 5.91 Å². The summed E-state index contributed by atoms with van der Waals surface area (Å²) in [4.78, 5) is 16.3. The van der Waals surface area contributed by atoms with Crippen LogP contribution < -0.4 is 10.2 Å². The Morgan fingerprint density at radius 3 is 2.33 bits per heavy atom. The number of amides is 1. The molecule has 3 rings (SSSR count). The summed E-state index contributed by atoms with van der Waals surface area (Å²) in [5.74, 6) is 0.0643. The van der Waals surface area contributed by atoms with Crippen molar-refractivity contribution in [3.05, 3.63) is 29.8 Å². The Morgan fingerprint density at radius 1 is 1.04 bits per heavy atom. The number of benzene rings is 1. The summed E-state index contributed by atoms with van der Waals surface area (Å²) in [7, 11) is 0. The molecule has 1 saturated heterocycles. The Morgan fingerprint density at radius 2 is 1.70 bits per heavy atom. The van der Waals surface area contributed by atoms with Crippen LogP contribution in [0.15, 0.2) is 24.3 Å². The molecule has 1 N–H and O–H groups in total. The van der Waals surface area contributed by atoms with E-state index >= 15 is 0 Å². The molecule has 0 atom stereocenters. The molecular formula is C20H28F3N3O. The molecule has 0 aromatic heterocycles. The van der Waals surface area contributed by atoms with E-state index in [1.165, 1.54) is 37.8 Å². The summed E-state index contributed by atoms with van der Waals surface area (Å²) in [5.41, 5.74) is -0.0300. The number of hydrogen-bond acceptors (Lipinski definition) is 3. The van der Waals surface area contributed by atoms with E-state index in [0.29, 0.717) is 44.5 Å². The minimum atomic E-state index is -4.33. The molecule has 7 heteroatoms. The third kappa shape index (κ3) is 5.86. The lowest BCUT2D eigenvalue weighted by molar-refractivity contribution is -0.137. The molecule has 1 heterocycles. The van der Waals surface area contributed by atoms with Gasteiger partial charge in [0, 0.05) is 37.9 Å². The topological polar surface area (TPSA) is 35.6 Å². The van der Waals surface area contributed by atoms with Gasteiger partial charge in [-0.1, -0.05) is 31.7 Å². The number of piperazine rings is 1. The fourth-order valence-electron chi connectivity index (χ4n) is 3.94. The van der Waals surface area contributed by atoms with Crippen molar-refractivity contribution < 1.29 is 18.0 Å². The number of carbonyl (C=O) groups excluding carboxylic acids is 1. The Labute approximate surface area is 158 Å². The van der Waals surface area contributed by atoms with E-state index in [0.717, 1.165) is 18.9 Å². The van der Waals surface area contributed by atoms with Crippen LogP contribution in [-0.4, -0.2) is 49.6 Å². The van der Waals surface area contributed by atoms with Crippen molar-refractivity contribution in [3.63, 3.8) is 0 Å². The molecule has 0 bridgehead atoms. The van der Waals surface area contributed by atoms with Crippen molar-refractivity contribution in [2.75, 3.05) is 37.6 Å². The van der Waals surface area contributed by atoms with Gasteiger partial charge >= 0.3 is 6.18 Å².